The molecule has 1 saturated carbocycles. The second-order valence-electron chi connectivity index (χ2n) is 5.70. The zero-order valence-electron chi connectivity index (χ0n) is 11.7. The van der Waals surface area contributed by atoms with Gasteiger partial charge in [0, 0.05) is 12.2 Å². The summed E-state index contributed by atoms with van der Waals surface area (Å²) in [5.41, 5.74) is -0.0584. The number of hydrogen-bond donors (Lipinski definition) is 1. The minimum atomic E-state index is -3.68. The van der Waals surface area contributed by atoms with Crippen molar-refractivity contribution in [3.63, 3.8) is 0 Å². The van der Waals surface area contributed by atoms with Gasteiger partial charge in [-0.3, -0.25) is 0 Å². The molecule has 1 heterocycles. The summed E-state index contributed by atoms with van der Waals surface area (Å²) in [4.78, 5) is 3.77. The maximum Gasteiger partial charge on any atom is 0.243 e. The fourth-order valence-electron chi connectivity index (χ4n) is 3.02. The third-order valence-electron chi connectivity index (χ3n) is 3.67. The highest BCUT2D eigenvalue weighted by molar-refractivity contribution is 7.89. The molecular formula is C14H19N3O2S. The van der Waals surface area contributed by atoms with Crippen LogP contribution in [0.4, 0.5) is 0 Å². The van der Waals surface area contributed by atoms with Crippen LogP contribution in [0.2, 0.25) is 0 Å². The molecule has 108 valence electrons. The largest absolute Gasteiger partial charge is 0.244 e. The van der Waals surface area contributed by atoms with Crippen LogP contribution in [0.3, 0.4) is 0 Å². The van der Waals surface area contributed by atoms with Crippen molar-refractivity contribution in [3.05, 3.63) is 24.0 Å². The summed E-state index contributed by atoms with van der Waals surface area (Å²) in [6.07, 6.45) is 4.23. The Labute approximate surface area is 120 Å². The Bertz CT molecular complexity index is 612. The molecular weight excluding hydrogens is 274 g/mol. The van der Waals surface area contributed by atoms with Gasteiger partial charge >= 0.3 is 0 Å². The molecule has 20 heavy (non-hydrogen) atoms. The number of nitrogens with zero attached hydrogens (tertiary/aromatic N) is 2. The molecule has 0 amide bonds. The van der Waals surface area contributed by atoms with E-state index in [1.54, 1.807) is 0 Å². The lowest BCUT2D eigenvalue weighted by molar-refractivity contribution is 0.257. The predicted molar refractivity (Wildman–Crippen MR) is 75.2 cm³/mol. The van der Waals surface area contributed by atoms with Crippen LogP contribution < -0.4 is 4.72 Å². The van der Waals surface area contributed by atoms with Crippen LogP contribution in [0.25, 0.3) is 0 Å². The van der Waals surface area contributed by atoms with Gasteiger partial charge in [-0.15, -0.1) is 0 Å². The Morgan fingerprint density at radius 1 is 1.30 bits per heavy atom. The maximum atomic E-state index is 12.4. The first-order valence-electron chi connectivity index (χ1n) is 6.80. The van der Waals surface area contributed by atoms with Crippen molar-refractivity contribution in [2.24, 2.45) is 11.8 Å². The topological polar surface area (TPSA) is 82.8 Å². The second-order valence-corrected chi connectivity index (χ2v) is 7.38. The smallest absolute Gasteiger partial charge is 0.243 e. The van der Waals surface area contributed by atoms with E-state index in [9.17, 15) is 8.42 Å². The normalized spacial score (nSPS) is 26.9. The van der Waals surface area contributed by atoms with E-state index in [1.807, 2.05) is 6.07 Å². The van der Waals surface area contributed by atoms with E-state index in [2.05, 4.69) is 23.6 Å². The Balaban J connectivity index is 2.21. The first-order chi connectivity index (χ1) is 9.42. The van der Waals surface area contributed by atoms with Gasteiger partial charge in [0.1, 0.15) is 11.0 Å². The van der Waals surface area contributed by atoms with E-state index in [4.69, 9.17) is 5.26 Å². The summed E-state index contributed by atoms with van der Waals surface area (Å²) >= 11 is 0. The third kappa shape index (κ3) is 3.35. The molecule has 2 rings (SSSR count). The Hall–Kier alpha value is -1.45. The fraction of sp³-hybridized carbons (Fsp3) is 0.571. The van der Waals surface area contributed by atoms with Gasteiger partial charge < -0.3 is 0 Å². The van der Waals surface area contributed by atoms with Crippen LogP contribution in [-0.2, 0) is 10.0 Å². The van der Waals surface area contributed by atoms with E-state index in [-0.39, 0.29) is 16.6 Å². The fourth-order valence-corrected chi connectivity index (χ4v) is 4.39. The number of pyridine rings is 1. The number of nitrogens with one attached hydrogen (secondary N) is 1. The number of nitriles is 1. The van der Waals surface area contributed by atoms with Crippen molar-refractivity contribution < 1.29 is 8.42 Å². The van der Waals surface area contributed by atoms with Crippen molar-refractivity contribution in [2.75, 3.05) is 0 Å². The molecule has 1 aliphatic rings. The molecule has 0 aliphatic heterocycles. The van der Waals surface area contributed by atoms with Gasteiger partial charge in [-0.2, -0.15) is 5.26 Å². The average molecular weight is 293 g/mol. The highest BCUT2D eigenvalue weighted by Crippen LogP contribution is 2.29. The molecule has 2 atom stereocenters. The van der Waals surface area contributed by atoms with Gasteiger partial charge in [0.05, 0.1) is 0 Å². The summed E-state index contributed by atoms with van der Waals surface area (Å²) in [7, 11) is -3.68. The van der Waals surface area contributed by atoms with Gasteiger partial charge in [-0.1, -0.05) is 13.8 Å². The van der Waals surface area contributed by atoms with Crippen LogP contribution in [0.15, 0.2) is 23.2 Å². The number of aromatic nitrogens is 1. The van der Waals surface area contributed by atoms with Crippen LogP contribution in [0.5, 0.6) is 0 Å². The Morgan fingerprint density at radius 2 is 1.95 bits per heavy atom. The lowest BCUT2D eigenvalue weighted by Gasteiger charge is -2.31. The zero-order chi connectivity index (χ0) is 14.8. The van der Waals surface area contributed by atoms with Gasteiger partial charge in [0.15, 0.2) is 5.69 Å². The Morgan fingerprint density at radius 3 is 2.55 bits per heavy atom. The van der Waals surface area contributed by atoms with E-state index in [1.165, 1.54) is 18.3 Å². The molecule has 1 aliphatic carbocycles. The standard InChI is InChI=1S/C14H19N3O2S/c1-10-6-11(2)8-12(7-10)17-20(18,19)14-4-3-5-16-13(14)9-15/h3-5,10-12,17H,6-8H2,1-2H3. The van der Waals surface area contributed by atoms with Crippen molar-refractivity contribution in [2.45, 2.75) is 44.0 Å². The molecule has 2 unspecified atom stereocenters. The van der Waals surface area contributed by atoms with E-state index in [0.29, 0.717) is 11.8 Å². The summed E-state index contributed by atoms with van der Waals surface area (Å²) < 4.78 is 27.5. The summed E-state index contributed by atoms with van der Waals surface area (Å²) in [6.45, 7) is 4.28. The van der Waals surface area contributed by atoms with Gasteiger partial charge in [-0.05, 0) is 43.2 Å². The third-order valence-corrected chi connectivity index (χ3v) is 5.22. The van der Waals surface area contributed by atoms with E-state index < -0.39 is 10.0 Å². The first kappa shape index (κ1) is 14.9. The molecule has 1 aromatic heterocycles. The van der Waals surface area contributed by atoms with Crippen molar-refractivity contribution in [1.82, 2.24) is 9.71 Å². The molecule has 5 nitrogen and oxygen atoms in total. The minimum absolute atomic E-state index is 0.0339. The maximum absolute atomic E-state index is 12.4. The van der Waals surface area contributed by atoms with Gasteiger partial charge in [0.25, 0.3) is 0 Å². The van der Waals surface area contributed by atoms with Crippen LogP contribution >= 0.6 is 0 Å². The highest BCUT2D eigenvalue weighted by Gasteiger charge is 2.29. The monoisotopic (exact) mass is 293 g/mol. The SMILES string of the molecule is CC1CC(C)CC(NS(=O)(=O)c2cccnc2C#N)C1. The zero-order valence-corrected chi connectivity index (χ0v) is 12.5. The van der Waals surface area contributed by atoms with Crippen LogP contribution in [0, 0.1) is 23.2 Å². The predicted octanol–water partition coefficient (Wildman–Crippen LogP) is 2.06. The van der Waals surface area contributed by atoms with Crippen LogP contribution in [0.1, 0.15) is 38.8 Å². The lowest BCUT2D eigenvalue weighted by Crippen LogP contribution is -2.40. The molecule has 6 heteroatoms. The highest BCUT2D eigenvalue weighted by atomic mass is 32.2. The van der Waals surface area contributed by atoms with Crippen LogP contribution in [-0.4, -0.2) is 19.4 Å². The first-order valence-corrected chi connectivity index (χ1v) is 8.28. The van der Waals surface area contributed by atoms with Gasteiger partial charge in [0.2, 0.25) is 10.0 Å². The molecule has 0 aromatic carbocycles. The molecule has 0 saturated heterocycles. The van der Waals surface area contributed by atoms with Crippen molar-refractivity contribution in [1.29, 1.82) is 5.26 Å². The number of sulfonamides is 1. The van der Waals surface area contributed by atoms with E-state index in [0.717, 1.165) is 19.3 Å². The molecule has 1 aromatic rings. The summed E-state index contributed by atoms with van der Waals surface area (Å²) in [5, 5.41) is 8.97. The number of hydrogen-bond acceptors (Lipinski definition) is 4. The molecule has 0 bridgehead atoms. The number of rotatable bonds is 3. The second kappa shape index (κ2) is 5.90. The van der Waals surface area contributed by atoms with Crippen molar-refractivity contribution in [3.8, 4) is 6.07 Å². The van der Waals surface area contributed by atoms with Crippen molar-refractivity contribution >= 4 is 10.0 Å². The molecule has 1 fully saturated rings. The summed E-state index contributed by atoms with van der Waals surface area (Å²) in [5.74, 6) is 1.02. The molecule has 1 N–H and O–H groups in total. The molecule has 0 radical (unpaired) electrons. The lowest BCUT2D eigenvalue weighted by atomic mass is 9.81. The quantitative estimate of drug-likeness (QED) is 0.924. The average Bonchev–Trinajstić information content (AvgIpc) is 2.36. The minimum Gasteiger partial charge on any atom is -0.244 e. The van der Waals surface area contributed by atoms with Gasteiger partial charge in [-0.25, -0.2) is 18.1 Å². The summed E-state index contributed by atoms with van der Waals surface area (Å²) in [6, 6.07) is 4.71. The Kier molecular flexibility index (Phi) is 4.41. The molecule has 0 spiro atoms. The van der Waals surface area contributed by atoms with E-state index >= 15 is 0 Å².